The van der Waals surface area contributed by atoms with E-state index in [0.29, 0.717) is 27.4 Å². The minimum absolute atomic E-state index is 0.167. The largest absolute Gasteiger partial charge is 0.352 e. The first-order valence-corrected chi connectivity index (χ1v) is 13.5. The zero-order valence-corrected chi connectivity index (χ0v) is 22.2. The third-order valence-electron chi connectivity index (χ3n) is 8.61. The number of Topliss-reactive ketones (excluding diaryl/α,β-unsaturated/α-hetero) is 3. The van der Waals surface area contributed by atoms with Crippen molar-refractivity contribution < 1.29 is 18.8 Å². The zero-order valence-electron chi connectivity index (χ0n) is 21.5. The van der Waals surface area contributed by atoms with Gasteiger partial charge < -0.3 is 4.90 Å². The van der Waals surface area contributed by atoms with Crippen molar-refractivity contribution >= 4 is 40.7 Å². The molecule has 40 heavy (non-hydrogen) atoms. The van der Waals surface area contributed by atoms with Crippen LogP contribution in [-0.4, -0.2) is 29.4 Å². The molecule has 196 valence electrons. The fourth-order valence-corrected chi connectivity index (χ4v) is 7.09. The minimum atomic E-state index is -1.75. The molecule has 2 heterocycles. The first kappa shape index (κ1) is 24.7. The molecule has 3 atom stereocenters. The average molecular weight is 548 g/mol. The Hall–Kier alpha value is -4.35. The molecule has 7 rings (SSSR count). The van der Waals surface area contributed by atoms with Gasteiger partial charge in [-0.2, -0.15) is 0 Å². The summed E-state index contributed by atoms with van der Waals surface area (Å²) in [7, 11) is 0. The van der Waals surface area contributed by atoms with Gasteiger partial charge in [0.2, 0.25) is 0 Å². The molecule has 0 radical (unpaired) electrons. The van der Waals surface area contributed by atoms with E-state index in [1.807, 2.05) is 30.0 Å². The third kappa shape index (κ3) is 3.21. The van der Waals surface area contributed by atoms with E-state index in [0.717, 1.165) is 11.1 Å². The molecule has 0 bridgehead atoms. The smallest absolute Gasteiger partial charge is 0.185 e. The van der Waals surface area contributed by atoms with Crippen LogP contribution in [0.2, 0.25) is 5.02 Å². The Kier molecular flexibility index (Phi) is 5.45. The number of carbonyl (C=O) groups excluding carboxylic acids is 3. The summed E-state index contributed by atoms with van der Waals surface area (Å²) < 4.78 is 15.8. The van der Waals surface area contributed by atoms with Crippen LogP contribution in [0.5, 0.6) is 0 Å². The van der Waals surface area contributed by atoms with Crippen LogP contribution in [0.4, 0.5) is 10.1 Å². The highest BCUT2D eigenvalue weighted by molar-refractivity contribution is 6.32. The van der Waals surface area contributed by atoms with Crippen LogP contribution in [0.25, 0.3) is 6.08 Å². The van der Waals surface area contributed by atoms with E-state index in [2.05, 4.69) is 0 Å². The normalized spacial score (nSPS) is 21.9. The van der Waals surface area contributed by atoms with Crippen molar-refractivity contribution in [1.82, 2.24) is 0 Å². The van der Waals surface area contributed by atoms with Gasteiger partial charge in [0.05, 0.1) is 6.04 Å². The fraction of sp³-hybridized carbons (Fsp3) is 0.147. The van der Waals surface area contributed by atoms with Crippen LogP contribution < -0.4 is 4.90 Å². The molecule has 2 aliphatic heterocycles. The molecule has 0 saturated carbocycles. The van der Waals surface area contributed by atoms with E-state index in [1.54, 1.807) is 78.9 Å². The second kappa shape index (κ2) is 8.83. The highest BCUT2D eigenvalue weighted by Gasteiger charge is 2.71. The SMILES string of the molecule is Cc1ccc(C(=O)[C@H]2[C@H](c3ccccc3F)C3(C(=O)c4ccccc4C3=O)C3C=Cc4cc(Cl)ccc4N32)cc1. The Morgan fingerprint density at radius 1 is 0.875 bits per heavy atom. The maximum Gasteiger partial charge on any atom is 0.185 e. The lowest BCUT2D eigenvalue weighted by Crippen LogP contribution is -2.48. The van der Waals surface area contributed by atoms with Gasteiger partial charge in [0.1, 0.15) is 17.3 Å². The molecule has 4 aromatic carbocycles. The number of rotatable bonds is 3. The summed E-state index contributed by atoms with van der Waals surface area (Å²) in [6, 6.07) is 23.5. The number of ketones is 3. The topological polar surface area (TPSA) is 54.5 Å². The third-order valence-corrected chi connectivity index (χ3v) is 8.85. The van der Waals surface area contributed by atoms with Crippen LogP contribution >= 0.6 is 11.6 Å². The summed E-state index contributed by atoms with van der Waals surface area (Å²) in [5, 5.41) is 0.517. The molecule has 4 aromatic rings. The Morgan fingerprint density at radius 3 is 2.20 bits per heavy atom. The number of carbonyl (C=O) groups is 3. The molecule has 0 N–H and O–H groups in total. The molecule has 1 spiro atoms. The van der Waals surface area contributed by atoms with Crippen LogP contribution in [0, 0.1) is 18.2 Å². The van der Waals surface area contributed by atoms with Gasteiger partial charge in [-0.05, 0) is 42.3 Å². The predicted octanol–water partition coefficient (Wildman–Crippen LogP) is 7.10. The van der Waals surface area contributed by atoms with Crippen LogP contribution in [0.3, 0.4) is 0 Å². The van der Waals surface area contributed by atoms with E-state index in [-0.39, 0.29) is 11.3 Å². The predicted molar refractivity (Wildman–Crippen MR) is 153 cm³/mol. The molecular formula is C34H23ClFNO3. The second-order valence-corrected chi connectivity index (χ2v) is 11.1. The number of hydrogen-bond donors (Lipinski definition) is 0. The van der Waals surface area contributed by atoms with Gasteiger partial charge >= 0.3 is 0 Å². The molecule has 1 fully saturated rings. The van der Waals surface area contributed by atoms with Crippen LogP contribution in [0.15, 0.2) is 97.1 Å². The first-order chi connectivity index (χ1) is 19.3. The number of benzene rings is 4. The molecule has 0 aromatic heterocycles. The van der Waals surface area contributed by atoms with E-state index >= 15 is 4.39 Å². The second-order valence-electron chi connectivity index (χ2n) is 10.7. The molecule has 1 unspecified atom stereocenters. The fourth-order valence-electron chi connectivity index (χ4n) is 6.91. The lowest BCUT2D eigenvalue weighted by atomic mass is 9.64. The minimum Gasteiger partial charge on any atom is -0.352 e. The lowest BCUT2D eigenvalue weighted by Gasteiger charge is -2.37. The average Bonchev–Trinajstić information content (AvgIpc) is 3.39. The standard InChI is InChI=1S/C34H23ClFNO3/c1-19-10-12-20(13-11-19)31(38)30-29(25-8-4-5-9-26(25)36)34(32(39)23-6-2-3-7-24(23)33(34)40)28-17-14-21-18-22(35)15-16-27(21)37(28)30/h2-18,28-30H,1H3/t28?,29-,30+/m0/s1. The highest BCUT2D eigenvalue weighted by Crippen LogP contribution is 2.61. The lowest BCUT2D eigenvalue weighted by molar-refractivity contribution is 0.0664. The summed E-state index contributed by atoms with van der Waals surface area (Å²) in [4.78, 5) is 45.5. The van der Waals surface area contributed by atoms with Crippen LogP contribution in [0.1, 0.15) is 53.7 Å². The number of hydrogen-bond acceptors (Lipinski definition) is 4. The maximum absolute atomic E-state index is 15.8. The van der Waals surface area contributed by atoms with Crippen molar-refractivity contribution in [2.24, 2.45) is 5.41 Å². The van der Waals surface area contributed by atoms with Gasteiger partial charge in [0, 0.05) is 33.3 Å². The molecule has 1 saturated heterocycles. The maximum atomic E-state index is 15.8. The first-order valence-electron chi connectivity index (χ1n) is 13.1. The summed E-state index contributed by atoms with van der Waals surface area (Å²) >= 11 is 6.33. The zero-order chi connectivity index (χ0) is 27.8. The van der Waals surface area contributed by atoms with E-state index in [9.17, 15) is 14.4 Å². The van der Waals surface area contributed by atoms with Crippen molar-refractivity contribution in [1.29, 1.82) is 0 Å². The molecular weight excluding hydrogens is 525 g/mol. The number of halogens is 2. The highest BCUT2D eigenvalue weighted by atomic mass is 35.5. The number of aryl methyl sites for hydroxylation is 1. The van der Waals surface area contributed by atoms with Crippen molar-refractivity contribution in [2.45, 2.75) is 24.9 Å². The molecule has 0 amide bonds. The van der Waals surface area contributed by atoms with Gasteiger partial charge in [0.15, 0.2) is 17.3 Å². The Morgan fingerprint density at radius 2 is 1.52 bits per heavy atom. The summed E-state index contributed by atoms with van der Waals surface area (Å²) in [6.45, 7) is 1.93. The van der Waals surface area contributed by atoms with Gasteiger partial charge in [-0.3, -0.25) is 14.4 Å². The molecule has 6 heteroatoms. The van der Waals surface area contributed by atoms with Crippen molar-refractivity contribution in [3.63, 3.8) is 0 Å². The Balaban J connectivity index is 1.56. The number of fused-ring (bicyclic) bond motifs is 5. The Labute approximate surface area is 235 Å². The van der Waals surface area contributed by atoms with Crippen molar-refractivity contribution in [3.8, 4) is 0 Å². The van der Waals surface area contributed by atoms with Crippen molar-refractivity contribution in [3.05, 3.63) is 141 Å². The van der Waals surface area contributed by atoms with E-state index < -0.39 is 40.8 Å². The molecule has 3 aliphatic rings. The number of anilines is 1. The molecule has 4 nitrogen and oxygen atoms in total. The van der Waals surface area contributed by atoms with Crippen LogP contribution in [-0.2, 0) is 0 Å². The summed E-state index contributed by atoms with van der Waals surface area (Å²) in [6.07, 6.45) is 3.64. The van der Waals surface area contributed by atoms with Gasteiger partial charge in [-0.25, -0.2) is 4.39 Å². The molecule has 1 aliphatic carbocycles. The van der Waals surface area contributed by atoms with Gasteiger partial charge in [-0.15, -0.1) is 0 Å². The van der Waals surface area contributed by atoms with E-state index in [1.165, 1.54) is 6.07 Å². The summed E-state index contributed by atoms with van der Waals surface area (Å²) in [5.74, 6) is -2.73. The number of nitrogens with zero attached hydrogens (tertiary/aromatic N) is 1. The monoisotopic (exact) mass is 547 g/mol. The van der Waals surface area contributed by atoms with Crippen molar-refractivity contribution in [2.75, 3.05) is 4.90 Å². The quantitative estimate of drug-likeness (QED) is 0.203. The Bertz CT molecular complexity index is 1740. The summed E-state index contributed by atoms with van der Waals surface area (Å²) in [5.41, 5.74) is 1.85. The van der Waals surface area contributed by atoms with E-state index in [4.69, 9.17) is 11.6 Å². The van der Waals surface area contributed by atoms with Gasteiger partial charge in [0.25, 0.3) is 0 Å². The van der Waals surface area contributed by atoms with Gasteiger partial charge in [-0.1, -0.05) is 96.0 Å².